The van der Waals surface area contributed by atoms with Crippen LogP contribution >= 0.6 is 0 Å². The molecule has 4 rings (SSSR count). The minimum atomic E-state index is -0.824. The van der Waals surface area contributed by atoms with E-state index in [2.05, 4.69) is 0 Å². The fourth-order valence-electron chi connectivity index (χ4n) is 4.54. The Bertz CT molecular complexity index is 1220. The lowest BCUT2D eigenvalue weighted by Gasteiger charge is -2.48. The van der Waals surface area contributed by atoms with Crippen LogP contribution in [-0.4, -0.2) is 27.3 Å². The SMILES string of the molecule is Cc1cc(-c2c(C(C)C)nc(O[C@H]3C[C@@H](C(=O)O)C3(C)C)c3cc(O)ccc23)ccc1F. The number of aryl methyl sites for hydroxylation is 1. The summed E-state index contributed by atoms with van der Waals surface area (Å²) in [6.07, 6.45) is 0.0980. The summed E-state index contributed by atoms with van der Waals surface area (Å²) < 4.78 is 20.2. The maximum absolute atomic E-state index is 13.9. The third-order valence-electron chi connectivity index (χ3n) is 6.70. The highest BCUT2D eigenvalue weighted by Crippen LogP contribution is 2.49. The van der Waals surface area contributed by atoms with Gasteiger partial charge in [-0.05, 0) is 66.1 Å². The number of aromatic hydroxyl groups is 1. The Morgan fingerprint density at radius 2 is 1.91 bits per heavy atom. The second-order valence-electron chi connectivity index (χ2n) is 9.58. The molecule has 1 saturated carbocycles. The van der Waals surface area contributed by atoms with E-state index in [9.17, 15) is 19.4 Å². The molecule has 0 aliphatic heterocycles. The van der Waals surface area contributed by atoms with E-state index in [1.54, 1.807) is 31.2 Å². The number of ether oxygens (including phenoxy) is 1. The van der Waals surface area contributed by atoms with E-state index in [0.717, 1.165) is 22.2 Å². The molecule has 0 unspecified atom stereocenters. The molecule has 0 radical (unpaired) electrons. The Balaban J connectivity index is 1.90. The molecule has 168 valence electrons. The molecule has 0 spiro atoms. The lowest BCUT2D eigenvalue weighted by molar-refractivity contribution is -0.165. The second kappa shape index (κ2) is 7.76. The summed E-state index contributed by atoms with van der Waals surface area (Å²) in [4.78, 5) is 16.4. The molecule has 1 aromatic heterocycles. The van der Waals surface area contributed by atoms with Gasteiger partial charge < -0.3 is 14.9 Å². The first kappa shape index (κ1) is 22.1. The largest absolute Gasteiger partial charge is 0.508 e. The number of aliphatic carboxylic acids is 1. The summed E-state index contributed by atoms with van der Waals surface area (Å²) in [6.45, 7) is 9.57. The quantitative estimate of drug-likeness (QED) is 0.507. The van der Waals surface area contributed by atoms with E-state index in [-0.39, 0.29) is 23.6 Å². The summed E-state index contributed by atoms with van der Waals surface area (Å²) in [5, 5.41) is 21.1. The molecule has 32 heavy (non-hydrogen) atoms. The lowest BCUT2D eigenvalue weighted by Crippen LogP contribution is -2.55. The first-order chi connectivity index (χ1) is 15.0. The van der Waals surface area contributed by atoms with Crippen molar-refractivity contribution in [1.82, 2.24) is 4.98 Å². The number of aromatic nitrogens is 1. The zero-order valence-electron chi connectivity index (χ0n) is 18.9. The molecule has 0 amide bonds. The number of pyridine rings is 1. The van der Waals surface area contributed by atoms with Crippen molar-refractivity contribution in [3.05, 3.63) is 53.5 Å². The number of rotatable bonds is 5. The maximum Gasteiger partial charge on any atom is 0.307 e. The van der Waals surface area contributed by atoms with Crippen molar-refractivity contribution in [2.75, 3.05) is 0 Å². The molecular formula is C26H28FNO4. The van der Waals surface area contributed by atoms with Crippen molar-refractivity contribution in [1.29, 1.82) is 0 Å². The zero-order valence-corrected chi connectivity index (χ0v) is 18.9. The third-order valence-corrected chi connectivity index (χ3v) is 6.70. The van der Waals surface area contributed by atoms with Crippen molar-refractivity contribution in [3.63, 3.8) is 0 Å². The maximum atomic E-state index is 13.9. The average Bonchev–Trinajstić information content (AvgIpc) is 2.71. The highest BCUT2D eigenvalue weighted by molar-refractivity contribution is 6.01. The van der Waals surface area contributed by atoms with Gasteiger partial charge in [-0.1, -0.05) is 33.8 Å². The molecular weight excluding hydrogens is 409 g/mol. The van der Waals surface area contributed by atoms with E-state index in [1.165, 1.54) is 6.07 Å². The Kier molecular flexibility index (Phi) is 5.35. The van der Waals surface area contributed by atoms with Crippen LogP contribution in [0.1, 0.15) is 51.3 Å². The molecule has 3 aromatic rings. The summed E-state index contributed by atoms with van der Waals surface area (Å²) in [7, 11) is 0. The number of halogens is 1. The van der Waals surface area contributed by atoms with Crippen molar-refractivity contribution < 1.29 is 24.1 Å². The van der Waals surface area contributed by atoms with Gasteiger partial charge in [-0.15, -0.1) is 0 Å². The van der Waals surface area contributed by atoms with Gasteiger partial charge in [0.25, 0.3) is 0 Å². The molecule has 2 atom stereocenters. The molecule has 1 aliphatic carbocycles. The summed E-state index contributed by atoms with van der Waals surface area (Å²) in [6, 6.07) is 10.0. The van der Waals surface area contributed by atoms with Gasteiger partial charge in [-0.25, -0.2) is 9.37 Å². The standard InChI is InChI=1S/C26H28FNO4/c1-13(2)23-22(15-6-9-20(27)14(3)10-15)17-8-7-16(29)11-18(17)24(28-23)32-21-12-19(25(30)31)26(21,4)5/h6-11,13,19,21,29H,12H2,1-5H3,(H,30,31)/t19-,21-/m0/s1. The predicted molar refractivity (Wildman–Crippen MR) is 122 cm³/mol. The van der Waals surface area contributed by atoms with E-state index in [1.807, 2.05) is 33.8 Å². The lowest BCUT2D eigenvalue weighted by atomic mass is 9.60. The third kappa shape index (κ3) is 3.57. The second-order valence-corrected chi connectivity index (χ2v) is 9.58. The number of carboxylic acids is 1. The van der Waals surface area contributed by atoms with Gasteiger partial charge >= 0.3 is 5.97 Å². The summed E-state index contributed by atoms with van der Waals surface area (Å²) >= 11 is 0. The van der Waals surface area contributed by atoms with Gasteiger partial charge in [-0.2, -0.15) is 0 Å². The molecule has 1 aliphatic rings. The Morgan fingerprint density at radius 3 is 2.50 bits per heavy atom. The monoisotopic (exact) mass is 437 g/mol. The predicted octanol–water partition coefficient (Wildman–Crippen LogP) is 6.06. The van der Waals surface area contributed by atoms with Crippen LogP contribution in [0.4, 0.5) is 4.39 Å². The van der Waals surface area contributed by atoms with Crippen LogP contribution in [0.2, 0.25) is 0 Å². The van der Waals surface area contributed by atoms with Crippen molar-refractivity contribution in [2.24, 2.45) is 11.3 Å². The highest BCUT2D eigenvalue weighted by Gasteiger charge is 2.54. The van der Waals surface area contributed by atoms with E-state index in [4.69, 9.17) is 9.72 Å². The number of hydrogen-bond donors (Lipinski definition) is 2. The summed E-state index contributed by atoms with van der Waals surface area (Å²) in [5.74, 6) is -1.05. The van der Waals surface area contributed by atoms with E-state index < -0.39 is 17.3 Å². The number of carboxylic acid groups (broad SMARTS) is 1. The Hall–Kier alpha value is -3.15. The molecule has 1 heterocycles. The molecule has 6 heteroatoms. The zero-order chi connectivity index (χ0) is 23.4. The van der Waals surface area contributed by atoms with Crippen LogP contribution < -0.4 is 4.74 Å². The Labute approximate surface area is 186 Å². The van der Waals surface area contributed by atoms with Crippen LogP contribution in [0.3, 0.4) is 0 Å². The van der Waals surface area contributed by atoms with E-state index >= 15 is 0 Å². The topological polar surface area (TPSA) is 79.7 Å². The van der Waals surface area contributed by atoms with Crippen LogP contribution in [0, 0.1) is 24.1 Å². The fraction of sp³-hybridized carbons (Fsp3) is 0.385. The van der Waals surface area contributed by atoms with Crippen LogP contribution in [-0.2, 0) is 4.79 Å². The fourth-order valence-corrected chi connectivity index (χ4v) is 4.54. The Morgan fingerprint density at radius 1 is 1.19 bits per heavy atom. The average molecular weight is 438 g/mol. The van der Waals surface area contributed by atoms with Crippen molar-refractivity contribution >= 4 is 16.7 Å². The number of hydrogen-bond acceptors (Lipinski definition) is 4. The normalized spacial score (nSPS) is 19.7. The highest BCUT2D eigenvalue weighted by atomic mass is 19.1. The molecule has 5 nitrogen and oxygen atoms in total. The van der Waals surface area contributed by atoms with Crippen LogP contribution in [0.25, 0.3) is 21.9 Å². The van der Waals surface area contributed by atoms with Crippen molar-refractivity contribution in [2.45, 2.75) is 53.1 Å². The molecule has 2 aromatic carbocycles. The summed E-state index contributed by atoms with van der Waals surface area (Å²) in [5.41, 5.74) is 2.52. The van der Waals surface area contributed by atoms with E-state index in [0.29, 0.717) is 23.3 Å². The van der Waals surface area contributed by atoms with Gasteiger partial charge in [0.1, 0.15) is 17.7 Å². The van der Waals surface area contributed by atoms with Gasteiger partial charge in [-0.3, -0.25) is 4.79 Å². The number of fused-ring (bicyclic) bond motifs is 1. The van der Waals surface area contributed by atoms with Crippen LogP contribution in [0.5, 0.6) is 11.6 Å². The first-order valence-electron chi connectivity index (χ1n) is 10.8. The van der Waals surface area contributed by atoms with Crippen molar-refractivity contribution in [3.8, 4) is 22.8 Å². The molecule has 1 fully saturated rings. The molecule has 0 bridgehead atoms. The number of carbonyl (C=O) groups is 1. The van der Waals surface area contributed by atoms with Gasteiger partial charge in [0, 0.05) is 16.4 Å². The minimum absolute atomic E-state index is 0.0529. The number of phenols is 1. The number of phenolic OH excluding ortho intramolecular Hbond substituents is 1. The van der Waals surface area contributed by atoms with Gasteiger partial charge in [0.15, 0.2) is 0 Å². The van der Waals surface area contributed by atoms with Gasteiger partial charge in [0.05, 0.1) is 11.6 Å². The number of nitrogens with zero attached hydrogens (tertiary/aromatic N) is 1. The van der Waals surface area contributed by atoms with Gasteiger partial charge in [0.2, 0.25) is 5.88 Å². The molecule has 0 saturated heterocycles. The first-order valence-corrected chi connectivity index (χ1v) is 10.8. The smallest absolute Gasteiger partial charge is 0.307 e. The molecule has 2 N–H and O–H groups in total. The number of benzene rings is 2. The van der Waals surface area contributed by atoms with Crippen LogP contribution in [0.15, 0.2) is 36.4 Å². The minimum Gasteiger partial charge on any atom is -0.508 e.